The maximum absolute atomic E-state index is 9.13. The number of anilines is 1. The normalized spacial score (nSPS) is 19.9. The molecule has 0 atom stereocenters. The molecule has 1 aromatic rings. The van der Waals surface area contributed by atoms with E-state index in [1.54, 1.807) is 11.8 Å². The van der Waals surface area contributed by atoms with Gasteiger partial charge in [-0.2, -0.15) is 5.26 Å². The van der Waals surface area contributed by atoms with Gasteiger partial charge in [-0.1, -0.05) is 24.6 Å². The zero-order chi connectivity index (χ0) is 12.5. The van der Waals surface area contributed by atoms with Crippen LogP contribution in [0.25, 0.3) is 0 Å². The maximum atomic E-state index is 9.13. The molecule has 3 rings (SSSR count). The topological polar surface area (TPSA) is 75.6 Å². The summed E-state index contributed by atoms with van der Waals surface area (Å²) < 4.78 is 0. The third-order valence-electron chi connectivity index (χ3n) is 3.59. The number of thioether (sulfide) groups is 1. The van der Waals surface area contributed by atoms with Crippen LogP contribution in [0, 0.1) is 11.3 Å². The van der Waals surface area contributed by atoms with Crippen molar-refractivity contribution >= 4 is 17.6 Å². The van der Waals surface area contributed by atoms with Crippen LogP contribution in [-0.4, -0.2) is 15.2 Å². The van der Waals surface area contributed by atoms with Crippen molar-refractivity contribution in [2.45, 2.75) is 54.8 Å². The van der Waals surface area contributed by atoms with E-state index in [9.17, 15) is 0 Å². The predicted molar refractivity (Wildman–Crippen MR) is 71.2 cm³/mol. The van der Waals surface area contributed by atoms with Crippen LogP contribution in [0.1, 0.15) is 55.7 Å². The highest BCUT2D eigenvalue weighted by Gasteiger charge is 2.30. The van der Waals surface area contributed by atoms with Crippen molar-refractivity contribution in [2.75, 3.05) is 5.73 Å². The highest BCUT2D eigenvalue weighted by molar-refractivity contribution is 7.99. The zero-order valence-corrected chi connectivity index (χ0v) is 11.0. The highest BCUT2D eigenvalue weighted by Crippen LogP contribution is 2.42. The number of nitrogens with zero attached hydrogens (tertiary/aromatic N) is 3. The molecule has 2 aliphatic rings. The Morgan fingerprint density at radius 3 is 2.50 bits per heavy atom. The molecule has 0 aromatic carbocycles. The molecule has 1 heterocycles. The van der Waals surface area contributed by atoms with E-state index in [1.807, 2.05) is 0 Å². The molecule has 2 fully saturated rings. The zero-order valence-electron chi connectivity index (χ0n) is 10.2. The summed E-state index contributed by atoms with van der Waals surface area (Å²) in [7, 11) is 0. The average molecular weight is 260 g/mol. The second-order valence-electron chi connectivity index (χ2n) is 5.06. The second kappa shape index (κ2) is 4.77. The molecule has 2 aliphatic carbocycles. The molecule has 2 N–H and O–H groups in total. The first kappa shape index (κ1) is 11.8. The van der Waals surface area contributed by atoms with E-state index in [4.69, 9.17) is 11.0 Å². The average Bonchev–Trinajstić information content (AvgIpc) is 3.08. The molecule has 4 nitrogen and oxygen atoms in total. The first-order valence-corrected chi connectivity index (χ1v) is 7.40. The number of nitrogens with two attached hydrogens (primary N) is 1. The van der Waals surface area contributed by atoms with E-state index in [2.05, 4.69) is 16.0 Å². The first-order valence-electron chi connectivity index (χ1n) is 6.52. The van der Waals surface area contributed by atoms with Crippen molar-refractivity contribution in [3.63, 3.8) is 0 Å². The van der Waals surface area contributed by atoms with E-state index in [0.29, 0.717) is 22.5 Å². The van der Waals surface area contributed by atoms with Crippen LogP contribution in [-0.2, 0) is 0 Å². The number of hydrogen-bond acceptors (Lipinski definition) is 5. The monoisotopic (exact) mass is 260 g/mol. The number of hydrogen-bond donors (Lipinski definition) is 1. The van der Waals surface area contributed by atoms with Gasteiger partial charge in [0.05, 0.1) is 5.69 Å². The Morgan fingerprint density at radius 2 is 1.89 bits per heavy atom. The molecule has 0 spiro atoms. The van der Waals surface area contributed by atoms with Crippen molar-refractivity contribution in [3.05, 3.63) is 11.3 Å². The minimum Gasteiger partial charge on any atom is -0.382 e. The summed E-state index contributed by atoms with van der Waals surface area (Å²) in [6, 6.07) is 2.15. The Bertz CT molecular complexity index is 498. The lowest BCUT2D eigenvalue weighted by Gasteiger charge is -2.10. The summed E-state index contributed by atoms with van der Waals surface area (Å²) in [4.78, 5) is 8.86. The van der Waals surface area contributed by atoms with Gasteiger partial charge in [-0.3, -0.25) is 0 Å². The lowest BCUT2D eigenvalue weighted by atomic mass is 10.1. The number of rotatable bonds is 3. The summed E-state index contributed by atoms with van der Waals surface area (Å²) in [5.41, 5.74) is 7.26. The van der Waals surface area contributed by atoms with Gasteiger partial charge in [0.25, 0.3) is 0 Å². The maximum Gasteiger partial charge on any atom is 0.190 e. The number of nitrogen functional groups attached to an aromatic ring is 1. The molecule has 2 saturated carbocycles. The minimum atomic E-state index is 0.356. The van der Waals surface area contributed by atoms with Gasteiger partial charge in [-0.05, 0) is 25.7 Å². The molecule has 94 valence electrons. The molecule has 0 saturated heterocycles. The molecular formula is C13H16N4S. The van der Waals surface area contributed by atoms with E-state index in [1.165, 1.54) is 25.7 Å². The molecular weight excluding hydrogens is 244 g/mol. The first-order chi connectivity index (χ1) is 8.78. The van der Waals surface area contributed by atoms with Crippen LogP contribution >= 0.6 is 11.8 Å². The van der Waals surface area contributed by atoms with Crippen molar-refractivity contribution < 1.29 is 0 Å². The Morgan fingerprint density at radius 1 is 1.17 bits per heavy atom. The van der Waals surface area contributed by atoms with Gasteiger partial charge in [0.1, 0.15) is 17.5 Å². The van der Waals surface area contributed by atoms with E-state index >= 15 is 0 Å². The lowest BCUT2D eigenvalue weighted by Crippen LogP contribution is -2.06. The summed E-state index contributed by atoms with van der Waals surface area (Å²) in [6.45, 7) is 0. The third kappa shape index (κ3) is 2.30. The fraction of sp³-hybridized carbons (Fsp3) is 0.615. The smallest absolute Gasteiger partial charge is 0.190 e. The fourth-order valence-electron chi connectivity index (χ4n) is 2.45. The summed E-state index contributed by atoms with van der Waals surface area (Å²) in [6.07, 6.45) is 7.34. The van der Waals surface area contributed by atoms with Crippen LogP contribution in [0.2, 0.25) is 0 Å². The van der Waals surface area contributed by atoms with Crippen molar-refractivity contribution in [3.8, 4) is 6.07 Å². The lowest BCUT2D eigenvalue weighted by molar-refractivity contribution is 0.856. The minimum absolute atomic E-state index is 0.356. The third-order valence-corrected chi connectivity index (χ3v) is 4.79. The SMILES string of the molecule is N#Cc1c(N)nc(SC2CCCC2)nc1C1CC1. The van der Waals surface area contributed by atoms with Gasteiger partial charge in [0.15, 0.2) is 5.16 Å². The van der Waals surface area contributed by atoms with Crippen LogP contribution in [0.5, 0.6) is 0 Å². The standard InChI is InChI=1S/C13H16N4S/c14-7-10-11(8-5-6-8)16-13(17-12(10)15)18-9-3-1-2-4-9/h8-9H,1-6H2,(H2,15,16,17). The predicted octanol–water partition coefficient (Wildman–Crippen LogP) is 2.84. The Balaban J connectivity index is 1.88. The van der Waals surface area contributed by atoms with Crippen LogP contribution in [0.15, 0.2) is 5.16 Å². The molecule has 0 unspecified atom stereocenters. The van der Waals surface area contributed by atoms with E-state index in [0.717, 1.165) is 23.7 Å². The van der Waals surface area contributed by atoms with Crippen LogP contribution in [0.4, 0.5) is 5.82 Å². The Kier molecular flexibility index (Phi) is 3.13. The highest BCUT2D eigenvalue weighted by atomic mass is 32.2. The summed E-state index contributed by atoms with van der Waals surface area (Å²) in [5.74, 6) is 0.794. The van der Waals surface area contributed by atoms with Gasteiger partial charge >= 0.3 is 0 Å². The Hall–Kier alpha value is -1.28. The number of aromatic nitrogens is 2. The van der Waals surface area contributed by atoms with Crippen molar-refractivity contribution in [1.82, 2.24) is 9.97 Å². The van der Waals surface area contributed by atoms with E-state index < -0.39 is 0 Å². The molecule has 0 radical (unpaired) electrons. The molecule has 5 heteroatoms. The van der Waals surface area contributed by atoms with Gasteiger partial charge in [-0.25, -0.2) is 9.97 Å². The summed E-state index contributed by atoms with van der Waals surface area (Å²) >= 11 is 1.73. The second-order valence-corrected chi connectivity index (χ2v) is 6.33. The van der Waals surface area contributed by atoms with Crippen molar-refractivity contribution in [2.24, 2.45) is 0 Å². The summed E-state index contributed by atoms with van der Waals surface area (Å²) in [5, 5.41) is 10.5. The molecule has 1 aromatic heterocycles. The molecule has 0 aliphatic heterocycles. The van der Waals surface area contributed by atoms with Crippen LogP contribution < -0.4 is 5.73 Å². The molecule has 0 amide bonds. The largest absolute Gasteiger partial charge is 0.382 e. The van der Waals surface area contributed by atoms with E-state index in [-0.39, 0.29) is 0 Å². The fourth-order valence-corrected chi connectivity index (χ4v) is 3.62. The molecule has 18 heavy (non-hydrogen) atoms. The van der Waals surface area contributed by atoms with Crippen LogP contribution in [0.3, 0.4) is 0 Å². The van der Waals surface area contributed by atoms with Crippen molar-refractivity contribution in [1.29, 1.82) is 5.26 Å². The number of nitriles is 1. The molecule has 0 bridgehead atoms. The van der Waals surface area contributed by atoms with Gasteiger partial charge in [0, 0.05) is 11.2 Å². The van der Waals surface area contributed by atoms with Gasteiger partial charge in [0.2, 0.25) is 0 Å². The van der Waals surface area contributed by atoms with Gasteiger partial charge < -0.3 is 5.73 Å². The Labute approximate surface area is 111 Å². The van der Waals surface area contributed by atoms with Gasteiger partial charge in [-0.15, -0.1) is 0 Å². The quantitative estimate of drug-likeness (QED) is 0.846.